The van der Waals surface area contributed by atoms with Crippen LogP contribution >= 0.6 is 0 Å². The minimum atomic E-state index is -0.921. The lowest BCUT2D eigenvalue weighted by molar-refractivity contribution is -0.149. The second-order valence-electron chi connectivity index (χ2n) is 8.72. The molecule has 1 saturated heterocycles. The number of urea groups is 1. The Hall–Kier alpha value is -2.94. The topological polar surface area (TPSA) is 108 Å². The van der Waals surface area contributed by atoms with Gasteiger partial charge in [0.2, 0.25) is 0 Å². The van der Waals surface area contributed by atoms with Crippen LogP contribution in [-0.2, 0) is 25.5 Å². The highest BCUT2D eigenvalue weighted by Gasteiger charge is 2.53. The Labute approximate surface area is 181 Å². The Bertz CT molecular complexity index is 909. The predicted octanol–water partition coefficient (Wildman–Crippen LogP) is 1.29. The van der Waals surface area contributed by atoms with Gasteiger partial charge in [-0.15, -0.1) is 0 Å². The molecule has 166 valence electrons. The molecular formula is C22H28N4O5. The zero-order valence-electron chi connectivity index (χ0n) is 17.8. The van der Waals surface area contributed by atoms with E-state index >= 15 is 0 Å². The van der Waals surface area contributed by atoms with Gasteiger partial charge in [0.05, 0.1) is 13.7 Å². The van der Waals surface area contributed by atoms with E-state index in [2.05, 4.69) is 17.7 Å². The van der Waals surface area contributed by atoms with Gasteiger partial charge in [-0.2, -0.15) is 5.01 Å². The zero-order valence-corrected chi connectivity index (χ0v) is 17.8. The van der Waals surface area contributed by atoms with Crippen LogP contribution in [0.1, 0.15) is 49.8 Å². The number of imide groups is 1. The SMILES string of the molecule is COC(=O)[C@@H]1c2ccccc2CCN1CC(=O)NN1C(=O)NC2(CCC(C)CC2)C1=O. The van der Waals surface area contributed by atoms with Crippen LogP contribution in [0.3, 0.4) is 0 Å². The fourth-order valence-corrected chi connectivity index (χ4v) is 4.84. The minimum Gasteiger partial charge on any atom is -0.468 e. The number of rotatable bonds is 4. The number of hydrogen-bond donors (Lipinski definition) is 2. The number of hydrazine groups is 1. The average Bonchev–Trinajstić information content (AvgIpc) is 2.99. The molecule has 2 aliphatic heterocycles. The molecule has 31 heavy (non-hydrogen) atoms. The van der Waals surface area contributed by atoms with E-state index in [0.29, 0.717) is 31.7 Å². The van der Waals surface area contributed by atoms with Crippen molar-refractivity contribution in [3.8, 4) is 0 Å². The largest absolute Gasteiger partial charge is 0.468 e. The quantitative estimate of drug-likeness (QED) is 0.553. The second-order valence-corrected chi connectivity index (χ2v) is 8.72. The van der Waals surface area contributed by atoms with E-state index in [1.165, 1.54) is 7.11 Å². The van der Waals surface area contributed by atoms with Crippen LogP contribution in [0.5, 0.6) is 0 Å². The van der Waals surface area contributed by atoms with E-state index in [4.69, 9.17) is 4.74 Å². The van der Waals surface area contributed by atoms with E-state index in [9.17, 15) is 19.2 Å². The lowest BCUT2D eigenvalue weighted by Crippen LogP contribution is -2.53. The highest BCUT2D eigenvalue weighted by atomic mass is 16.5. The van der Waals surface area contributed by atoms with Crippen molar-refractivity contribution >= 4 is 23.8 Å². The van der Waals surface area contributed by atoms with Crippen LogP contribution in [-0.4, -0.2) is 59.5 Å². The van der Waals surface area contributed by atoms with Crippen molar-refractivity contribution in [1.82, 2.24) is 20.7 Å². The van der Waals surface area contributed by atoms with Gasteiger partial charge in [-0.1, -0.05) is 31.2 Å². The summed E-state index contributed by atoms with van der Waals surface area (Å²) in [5.74, 6) is -0.884. The maximum atomic E-state index is 12.9. The third kappa shape index (κ3) is 3.89. The Balaban J connectivity index is 1.45. The van der Waals surface area contributed by atoms with Crippen molar-refractivity contribution in [2.24, 2.45) is 5.92 Å². The van der Waals surface area contributed by atoms with E-state index < -0.39 is 35.4 Å². The fourth-order valence-electron chi connectivity index (χ4n) is 4.84. The first-order valence-electron chi connectivity index (χ1n) is 10.7. The monoisotopic (exact) mass is 428 g/mol. The first kappa shape index (κ1) is 21.3. The Morgan fingerprint density at radius 3 is 2.65 bits per heavy atom. The molecule has 1 atom stereocenters. The van der Waals surface area contributed by atoms with Crippen LogP contribution in [0.15, 0.2) is 24.3 Å². The number of carbonyl (C=O) groups is 4. The van der Waals surface area contributed by atoms with Crippen molar-refractivity contribution in [1.29, 1.82) is 0 Å². The molecule has 1 saturated carbocycles. The van der Waals surface area contributed by atoms with Crippen molar-refractivity contribution < 1.29 is 23.9 Å². The molecule has 0 unspecified atom stereocenters. The van der Waals surface area contributed by atoms with Gasteiger partial charge in [0.1, 0.15) is 11.6 Å². The first-order valence-corrected chi connectivity index (χ1v) is 10.7. The fraction of sp³-hybridized carbons (Fsp3) is 0.545. The summed E-state index contributed by atoms with van der Waals surface area (Å²) < 4.78 is 4.97. The third-order valence-corrected chi connectivity index (χ3v) is 6.68. The second kappa shape index (κ2) is 8.30. The summed E-state index contributed by atoms with van der Waals surface area (Å²) in [4.78, 5) is 52.3. The molecule has 2 heterocycles. The Kier molecular flexibility index (Phi) is 5.70. The van der Waals surface area contributed by atoms with Gasteiger partial charge in [-0.3, -0.25) is 19.9 Å². The van der Waals surface area contributed by atoms with E-state index in [1.807, 2.05) is 24.3 Å². The molecule has 9 heteroatoms. The van der Waals surface area contributed by atoms with Crippen molar-refractivity contribution in [2.75, 3.05) is 20.2 Å². The Morgan fingerprint density at radius 2 is 1.94 bits per heavy atom. The molecule has 0 bridgehead atoms. The minimum absolute atomic E-state index is 0.144. The lowest BCUT2D eigenvalue weighted by Gasteiger charge is -2.35. The molecule has 1 aromatic rings. The molecule has 1 aromatic carbocycles. The molecule has 3 aliphatic rings. The van der Waals surface area contributed by atoms with Crippen molar-refractivity contribution in [2.45, 2.75) is 50.6 Å². The van der Waals surface area contributed by atoms with E-state index in [-0.39, 0.29) is 6.54 Å². The molecule has 2 fully saturated rings. The van der Waals surface area contributed by atoms with Crippen LogP contribution in [0.2, 0.25) is 0 Å². The number of amides is 4. The number of nitrogens with zero attached hydrogens (tertiary/aromatic N) is 2. The maximum Gasteiger partial charge on any atom is 0.344 e. The summed E-state index contributed by atoms with van der Waals surface area (Å²) in [5, 5.41) is 3.58. The van der Waals surface area contributed by atoms with Gasteiger partial charge in [-0.25, -0.2) is 9.59 Å². The van der Waals surface area contributed by atoms with E-state index in [1.54, 1.807) is 4.90 Å². The van der Waals surface area contributed by atoms with Gasteiger partial charge in [-0.05, 0) is 49.1 Å². The van der Waals surface area contributed by atoms with Gasteiger partial charge in [0, 0.05) is 6.54 Å². The number of esters is 1. The predicted molar refractivity (Wildman–Crippen MR) is 110 cm³/mol. The molecule has 1 aliphatic carbocycles. The number of nitrogens with one attached hydrogen (secondary N) is 2. The molecule has 2 N–H and O–H groups in total. The summed E-state index contributed by atoms with van der Waals surface area (Å²) in [7, 11) is 1.31. The third-order valence-electron chi connectivity index (χ3n) is 6.68. The number of ether oxygens (including phenoxy) is 1. The summed E-state index contributed by atoms with van der Waals surface area (Å²) in [6.45, 7) is 2.46. The van der Waals surface area contributed by atoms with E-state index in [0.717, 1.165) is 29.0 Å². The molecule has 0 aromatic heterocycles. The number of hydrogen-bond acceptors (Lipinski definition) is 6. The standard InChI is InChI=1S/C22H28N4O5/c1-14-7-10-22(11-8-14)20(29)26(21(30)23-22)24-17(27)13-25-12-9-15-5-3-4-6-16(15)18(25)19(28)31-2/h3-6,14,18H,7-13H2,1-2H3,(H,23,30)(H,24,27)/t14?,18-,22?/m0/s1. The number of fused-ring (bicyclic) bond motifs is 1. The molecule has 0 radical (unpaired) electrons. The molecule has 1 spiro atoms. The van der Waals surface area contributed by atoms with Gasteiger partial charge in [0.25, 0.3) is 11.8 Å². The number of methoxy groups -OCH3 is 1. The smallest absolute Gasteiger partial charge is 0.344 e. The van der Waals surface area contributed by atoms with Gasteiger partial charge in [0.15, 0.2) is 0 Å². The normalized spacial score (nSPS) is 28.3. The highest BCUT2D eigenvalue weighted by molar-refractivity contribution is 6.08. The summed E-state index contributed by atoms with van der Waals surface area (Å²) in [6.07, 6.45) is 3.52. The van der Waals surface area contributed by atoms with Crippen LogP contribution in [0, 0.1) is 5.92 Å². The average molecular weight is 428 g/mol. The van der Waals surface area contributed by atoms with Crippen molar-refractivity contribution in [3.63, 3.8) is 0 Å². The van der Waals surface area contributed by atoms with Gasteiger partial charge >= 0.3 is 12.0 Å². The Morgan fingerprint density at radius 1 is 1.23 bits per heavy atom. The summed E-state index contributed by atoms with van der Waals surface area (Å²) in [5.41, 5.74) is 3.37. The highest BCUT2D eigenvalue weighted by Crippen LogP contribution is 2.36. The number of carbonyl (C=O) groups excluding carboxylic acids is 4. The molecular weight excluding hydrogens is 400 g/mol. The summed E-state index contributed by atoms with van der Waals surface area (Å²) >= 11 is 0. The van der Waals surface area contributed by atoms with Crippen LogP contribution in [0.25, 0.3) is 0 Å². The lowest BCUT2D eigenvalue weighted by atomic mass is 9.77. The van der Waals surface area contributed by atoms with Gasteiger partial charge < -0.3 is 10.1 Å². The zero-order chi connectivity index (χ0) is 22.2. The molecule has 9 nitrogen and oxygen atoms in total. The van der Waals surface area contributed by atoms with Crippen LogP contribution < -0.4 is 10.7 Å². The first-order chi connectivity index (χ1) is 14.8. The molecule has 4 rings (SSSR count). The van der Waals surface area contributed by atoms with Crippen molar-refractivity contribution in [3.05, 3.63) is 35.4 Å². The number of benzene rings is 1. The van der Waals surface area contributed by atoms with Crippen LogP contribution in [0.4, 0.5) is 4.79 Å². The molecule has 4 amide bonds. The maximum absolute atomic E-state index is 12.9. The summed E-state index contributed by atoms with van der Waals surface area (Å²) in [6, 6.07) is 6.24.